The molecule has 0 unspecified atom stereocenters. The highest BCUT2D eigenvalue weighted by atomic mass is 32.1. The van der Waals surface area contributed by atoms with Crippen molar-refractivity contribution in [1.29, 1.82) is 0 Å². The van der Waals surface area contributed by atoms with E-state index in [1.165, 1.54) is 0 Å². The quantitative estimate of drug-likeness (QED) is 0.367. The monoisotopic (exact) mass is 484 g/mol. The Morgan fingerprint density at radius 2 is 1.91 bits per heavy atom. The number of ether oxygens (including phenoxy) is 1. The van der Waals surface area contributed by atoms with E-state index in [9.17, 15) is 9.90 Å². The highest BCUT2D eigenvalue weighted by Crippen LogP contribution is 2.40. The van der Waals surface area contributed by atoms with Crippen molar-refractivity contribution in [3.63, 3.8) is 0 Å². The molecular formula is C27H24N4O3S. The molecule has 2 aromatic heterocycles. The van der Waals surface area contributed by atoms with Gasteiger partial charge in [-0.3, -0.25) is 4.98 Å². The van der Waals surface area contributed by atoms with Gasteiger partial charge in [-0.25, -0.2) is 4.79 Å². The van der Waals surface area contributed by atoms with Crippen molar-refractivity contribution in [3.05, 3.63) is 114 Å². The maximum atomic E-state index is 11.6. The number of carboxylic acids is 1. The number of pyridine rings is 1. The molecule has 2 atom stereocenters. The van der Waals surface area contributed by atoms with Gasteiger partial charge >= 0.3 is 5.97 Å². The van der Waals surface area contributed by atoms with E-state index in [-0.39, 0.29) is 17.6 Å². The third kappa shape index (κ3) is 4.48. The summed E-state index contributed by atoms with van der Waals surface area (Å²) in [5, 5.41) is 13.6. The van der Waals surface area contributed by atoms with Gasteiger partial charge in [-0.05, 0) is 72.4 Å². The average molecular weight is 485 g/mol. The second-order valence-corrected chi connectivity index (χ2v) is 8.65. The predicted octanol–water partition coefficient (Wildman–Crippen LogP) is 4.75. The molecule has 0 radical (unpaired) electrons. The van der Waals surface area contributed by atoms with Crippen LogP contribution in [0.5, 0.6) is 5.75 Å². The first-order valence-electron chi connectivity index (χ1n) is 11.2. The largest absolute Gasteiger partial charge is 0.497 e. The number of benzene rings is 2. The Bertz CT molecular complexity index is 1350. The first kappa shape index (κ1) is 22.6. The van der Waals surface area contributed by atoms with Crippen molar-refractivity contribution in [1.82, 2.24) is 19.8 Å². The van der Waals surface area contributed by atoms with Crippen LogP contribution in [0.2, 0.25) is 0 Å². The maximum absolute atomic E-state index is 11.6. The van der Waals surface area contributed by atoms with E-state index in [1.807, 2.05) is 71.4 Å². The van der Waals surface area contributed by atoms with E-state index in [4.69, 9.17) is 17.0 Å². The van der Waals surface area contributed by atoms with Crippen LogP contribution in [-0.2, 0) is 6.54 Å². The van der Waals surface area contributed by atoms with Crippen LogP contribution in [0.25, 0.3) is 5.69 Å². The molecule has 4 aromatic rings. The molecule has 0 bridgehead atoms. The number of methoxy groups -OCH3 is 1. The molecule has 1 aliphatic heterocycles. The minimum atomic E-state index is -0.961. The summed E-state index contributed by atoms with van der Waals surface area (Å²) < 4.78 is 7.32. The number of thiocarbonyl (C=S) groups is 1. The molecule has 3 heterocycles. The average Bonchev–Trinajstić information content (AvgIpc) is 3.49. The summed E-state index contributed by atoms with van der Waals surface area (Å²) >= 11 is 5.81. The second-order valence-electron chi connectivity index (χ2n) is 8.26. The van der Waals surface area contributed by atoms with Crippen molar-refractivity contribution in [3.8, 4) is 11.4 Å². The molecular weight excluding hydrogens is 460 g/mol. The van der Waals surface area contributed by atoms with Gasteiger partial charge in [-0.1, -0.05) is 24.3 Å². The molecule has 7 nitrogen and oxygen atoms in total. The number of hydrogen-bond donors (Lipinski definition) is 2. The molecule has 0 aliphatic carbocycles. The van der Waals surface area contributed by atoms with E-state index in [1.54, 1.807) is 31.5 Å². The van der Waals surface area contributed by atoms with Gasteiger partial charge in [0.15, 0.2) is 5.11 Å². The van der Waals surface area contributed by atoms with E-state index in [2.05, 4.69) is 15.2 Å². The molecule has 0 amide bonds. The number of aromatic nitrogens is 2. The molecule has 2 N–H and O–H groups in total. The second kappa shape index (κ2) is 9.60. The lowest BCUT2D eigenvalue weighted by Crippen LogP contribution is -2.30. The Morgan fingerprint density at radius 3 is 2.63 bits per heavy atom. The molecule has 5 rings (SSSR count). The van der Waals surface area contributed by atoms with Crippen molar-refractivity contribution in [2.75, 3.05) is 7.11 Å². The van der Waals surface area contributed by atoms with Gasteiger partial charge in [0.1, 0.15) is 5.75 Å². The fourth-order valence-electron chi connectivity index (χ4n) is 4.48. The fraction of sp³-hybridized carbons (Fsp3) is 0.148. The Morgan fingerprint density at radius 1 is 1.09 bits per heavy atom. The highest BCUT2D eigenvalue weighted by Gasteiger charge is 2.41. The fourth-order valence-corrected chi connectivity index (χ4v) is 4.79. The Hall–Kier alpha value is -4.17. The van der Waals surface area contributed by atoms with Crippen LogP contribution in [0.4, 0.5) is 0 Å². The summed E-state index contributed by atoms with van der Waals surface area (Å²) in [6, 6.07) is 24.4. The van der Waals surface area contributed by atoms with E-state index >= 15 is 0 Å². The van der Waals surface area contributed by atoms with Gasteiger partial charge in [-0.15, -0.1) is 0 Å². The van der Waals surface area contributed by atoms with Crippen LogP contribution in [0, 0.1) is 0 Å². The smallest absolute Gasteiger partial charge is 0.335 e. The minimum absolute atomic E-state index is 0.178. The Labute approximate surface area is 208 Å². The summed E-state index contributed by atoms with van der Waals surface area (Å²) in [5.74, 6) is -0.164. The summed E-state index contributed by atoms with van der Waals surface area (Å²) in [5.41, 5.74) is 3.95. The number of carboxylic acid groups (broad SMARTS) is 1. The van der Waals surface area contributed by atoms with Gasteiger partial charge in [0.05, 0.1) is 30.5 Å². The molecule has 8 heteroatoms. The first-order chi connectivity index (χ1) is 17.0. The molecule has 1 aliphatic rings. The van der Waals surface area contributed by atoms with Crippen LogP contribution in [-0.4, -0.2) is 37.7 Å². The third-order valence-electron chi connectivity index (χ3n) is 6.16. The van der Waals surface area contributed by atoms with Gasteiger partial charge in [0.25, 0.3) is 0 Å². The number of rotatable bonds is 7. The van der Waals surface area contributed by atoms with Crippen LogP contribution < -0.4 is 10.1 Å². The zero-order valence-electron chi connectivity index (χ0n) is 19.0. The zero-order valence-corrected chi connectivity index (χ0v) is 19.9. The SMILES string of the molecule is COc1ccc(CN2C(=S)N[C@@H](c3ccccn3)[C@@H]2c2cccn2-c2cccc(C(=O)O)c2)cc1. The molecule has 176 valence electrons. The highest BCUT2D eigenvalue weighted by molar-refractivity contribution is 7.80. The lowest BCUT2D eigenvalue weighted by Gasteiger charge is -2.29. The van der Waals surface area contributed by atoms with Crippen molar-refractivity contribution in [2.24, 2.45) is 0 Å². The maximum Gasteiger partial charge on any atom is 0.335 e. The molecule has 1 saturated heterocycles. The normalized spacial score (nSPS) is 17.3. The summed E-state index contributed by atoms with van der Waals surface area (Å²) in [4.78, 5) is 18.3. The Balaban J connectivity index is 1.58. The van der Waals surface area contributed by atoms with Crippen LogP contribution in [0.15, 0.2) is 91.3 Å². The molecule has 0 spiro atoms. The standard InChI is InChI=1S/C27H24N4O3S/c1-34-21-12-10-18(11-13-21)17-31-25(24(29-27(31)35)22-8-2-3-14-28-22)23-9-5-15-30(23)20-7-4-6-19(16-20)26(32)33/h2-16,24-25H,17H2,1H3,(H,29,35)(H,32,33)/t24-,25-/m0/s1. The van der Waals surface area contributed by atoms with E-state index in [0.717, 1.165) is 28.4 Å². The molecule has 35 heavy (non-hydrogen) atoms. The van der Waals surface area contributed by atoms with E-state index < -0.39 is 5.97 Å². The molecule has 0 saturated carbocycles. The summed E-state index contributed by atoms with van der Waals surface area (Å²) in [7, 11) is 1.65. The van der Waals surface area contributed by atoms with Gasteiger partial charge in [0.2, 0.25) is 0 Å². The van der Waals surface area contributed by atoms with Crippen LogP contribution in [0.1, 0.15) is 39.4 Å². The lowest BCUT2D eigenvalue weighted by molar-refractivity contribution is 0.0697. The van der Waals surface area contributed by atoms with Crippen molar-refractivity contribution >= 4 is 23.3 Å². The third-order valence-corrected chi connectivity index (χ3v) is 6.52. The van der Waals surface area contributed by atoms with Gasteiger partial charge < -0.3 is 24.6 Å². The number of carbonyl (C=O) groups is 1. The van der Waals surface area contributed by atoms with Crippen molar-refractivity contribution < 1.29 is 14.6 Å². The first-order valence-corrected chi connectivity index (χ1v) is 11.6. The molecule has 1 fully saturated rings. The number of aromatic carboxylic acids is 1. The number of nitrogens with zero attached hydrogens (tertiary/aromatic N) is 3. The lowest BCUT2D eigenvalue weighted by atomic mass is 10.0. The number of nitrogens with one attached hydrogen (secondary N) is 1. The predicted molar refractivity (Wildman–Crippen MR) is 137 cm³/mol. The van der Waals surface area contributed by atoms with Gasteiger partial charge in [-0.2, -0.15) is 0 Å². The van der Waals surface area contributed by atoms with Crippen LogP contribution in [0.3, 0.4) is 0 Å². The topological polar surface area (TPSA) is 79.6 Å². The van der Waals surface area contributed by atoms with Gasteiger partial charge in [0, 0.05) is 30.3 Å². The minimum Gasteiger partial charge on any atom is -0.497 e. The van der Waals surface area contributed by atoms with Crippen LogP contribution >= 0.6 is 12.2 Å². The molecule has 2 aromatic carbocycles. The Kier molecular flexibility index (Phi) is 6.20. The zero-order chi connectivity index (χ0) is 24.4. The van der Waals surface area contributed by atoms with Crippen molar-refractivity contribution in [2.45, 2.75) is 18.6 Å². The van der Waals surface area contributed by atoms with E-state index in [0.29, 0.717) is 11.7 Å². The summed E-state index contributed by atoms with van der Waals surface area (Å²) in [6.07, 6.45) is 3.72. The summed E-state index contributed by atoms with van der Waals surface area (Å²) in [6.45, 7) is 0.587. The number of hydrogen-bond acceptors (Lipinski definition) is 4.